The minimum atomic E-state index is -0.176. The summed E-state index contributed by atoms with van der Waals surface area (Å²) >= 11 is 0. The molecule has 1 aromatic heterocycles. The van der Waals surface area contributed by atoms with Crippen LogP contribution in [0.15, 0.2) is 42.7 Å². The van der Waals surface area contributed by atoms with Crippen LogP contribution in [0.2, 0.25) is 0 Å². The molecule has 1 aliphatic carbocycles. The third kappa shape index (κ3) is 3.11. The minimum Gasteiger partial charge on any atom is -0.337 e. The fraction of sp³-hybridized carbons (Fsp3) is 0.333. The number of benzene rings is 2. The van der Waals surface area contributed by atoms with Crippen molar-refractivity contribution in [2.45, 2.75) is 32.6 Å². The van der Waals surface area contributed by atoms with Gasteiger partial charge in [0.05, 0.1) is 11.9 Å². The molecule has 5 rings (SSSR count). The van der Waals surface area contributed by atoms with Crippen LogP contribution >= 0.6 is 0 Å². The van der Waals surface area contributed by atoms with Gasteiger partial charge in [0.25, 0.3) is 5.91 Å². The lowest BCUT2D eigenvalue weighted by Gasteiger charge is -2.32. The van der Waals surface area contributed by atoms with Gasteiger partial charge < -0.3 is 4.90 Å². The molecule has 0 bridgehead atoms. The highest BCUT2D eigenvalue weighted by molar-refractivity contribution is 6.11. The van der Waals surface area contributed by atoms with Crippen LogP contribution in [0.4, 0.5) is 0 Å². The molecule has 2 aromatic carbocycles. The number of aryl methyl sites for hydroxylation is 3. The summed E-state index contributed by atoms with van der Waals surface area (Å²) in [6.45, 7) is 2.94. The molecule has 1 aliphatic heterocycles. The first kappa shape index (κ1) is 18.0. The van der Waals surface area contributed by atoms with Gasteiger partial charge in [-0.1, -0.05) is 30.3 Å². The van der Waals surface area contributed by atoms with E-state index in [1.165, 1.54) is 22.7 Å². The van der Waals surface area contributed by atoms with Gasteiger partial charge in [-0.25, -0.2) is 4.98 Å². The SMILES string of the molecule is Cc1cnc(C(=O)N2CCCC(C(=O)c3ccc4c5c(cccc35)CC4)C2)cn1. The number of carbonyl (C=O) groups excluding carboxylic acids is 2. The third-order valence-corrected chi connectivity index (χ3v) is 6.22. The Kier molecular flexibility index (Phi) is 4.38. The van der Waals surface area contributed by atoms with E-state index in [0.717, 1.165) is 42.3 Å². The van der Waals surface area contributed by atoms with Gasteiger partial charge in [0.1, 0.15) is 5.69 Å². The molecule has 1 unspecified atom stereocenters. The van der Waals surface area contributed by atoms with Crippen LogP contribution in [-0.2, 0) is 12.8 Å². The molecule has 0 radical (unpaired) electrons. The van der Waals surface area contributed by atoms with Crippen LogP contribution in [0, 0.1) is 12.8 Å². The Labute approximate surface area is 169 Å². The van der Waals surface area contributed by atoms with E-state index in [1.807, 2.05) is 13.0 Å². The lowest BCUT2D eigenvalue weighted by molar-refractivity contribution is 0.0632. The standard InChI is InChI=1S/C24H23N3O2/c1-15-12-26-21(13-25-15)24(29)27-11-3-5-18(14-27)23(28)20-10-9-17-8-7-16-4-2-6-19(20)22(16)17/h2,4,6,9-10,12-13,18H,3,5,7-8,11,14H2,1H3. The molecule has 1 fully saturated rings. The zero-order chi connectivity index (χ0) is 20.0. The molecule has 0 spiro atoms. The predicted octanol–water partition coefficient (Wildman–Crippen LogP) is 3.77. The van der Waals surface area contributed by atoms with E-state index in [-0.39, 0.29) is 17.6 Å². The van der Waals surface area contributed by atoms with Crippen molar-refractivity contribution in [3.05, 3.63) is 70.8 Å². The molecular formula is C24H23N3O2. The van der Waals surface area contributed by atoms with Crippen molar-refractivity contribution in [1.82, 2.24) is 14.9 Å². The summed E-state index contributed by atoms with van der Waals surface area (Å²) in [4.78, 5) is 36.4. The van der Waals surface area contributed by atoms with Gasteiger partial charge in [-0.15, -0.1) is 0 Å². The fourth-order valence-corrected chi connectivity index (χ4v) is 4.72. The van der Waals surface area contributed by atoms with Gasteiger partial charge in [0.15, 0.2) is 5.78 Å². The number of hydrogen-bond donors (Lipinski definition) is 0. The third-order valence-electron chi connectivity index (χ3n) is 6.22. The highest BCUT2D eigenvalue weighted by atomic mass is 16.2. The molecule has 1 atom stereocenters. The molecule has 0 saturated carbocycles. The first-order chi connectivity index (χ1) is 14.1. The number of hydrogen-bond acceptors (Lipinski definition) is 4. The maximum Gasteiger partial charge on any atom is 0.274 e. The minimum absolute atomic E-state index is 0.143. The lowest BCUT2D eigenvalue weighted by atomic mass is 9.87. The van der Waals surface area contributed by atoms with E-state index in [9.17, 15) is 9.59 Å². The Morgan fingerprint density at radius 1 is 1.03 bits per heavy atom. The monoisotopic (exact) mass is 385 g/mol. The van der Waals surface area contributed by atoms with Crippen molar-refractivity contribution in [2.24, 2.45) is 5.92 Å². The molecule has 5 heteroatoms. The normalized spacial score (nSPS) is 18.2. The van der Waals surface area contributed by atoms with E-state index in [2.05, 4.69) is 34.2 Å². The second-order valence-corrected chi connectivity index (χ2v) is 8.11. The number of nitrogens with zero attached hydrogens (tertiary/aromatic N) is 3. The predicted molar refractivity (Wildman–Crippen MR) is 111 cm³/mol. The number of rotatable bonds is 3. The maximum atomic E-state index is 13.4. The molecule has 3 aromatic rings. The number of Topliss-reactive ketones (excluding diaryl/α,β-unsaturated/α-hetero) is 1. The van der Waals surface area contributed by atoms with Gasteiger partial charge in [-0.2, -0.15) is 0 Å². The fourth-order valence-electron chi connectivity index (χ4n) is 4.72. The Hall–Kier alpha value is -3.08. The zero-order valence-corrected chi connectivity index (χ0v) is 16.5. The number of carbonyl (C=O) groups is 2. The maximum absolute atomic E-state index is 13.4. The van der Waals surface area contributed by atoms with E-state index >= 15 is 0 Å². The van der Waals surface area contributed by atoms with Crippen molar-refractivity contribution >= 4 is 22.5 Å². The Bertz CT molecular complexity index is 1110. The summed E-state index contributed by atoms with van der Waals surface area (Å²) in [5, 5.41) is 2.33. The van der Waals surface area contributed by atoms with Crippen LogP contribution in [0.25, 0.3) is 10.8 Å². The van der Waals surface area contributed by atoms with Gasteiger partial charge in [0.2, 0.25) is 0 Å². The topological polar surface area (TPSA) is 63.2 Å². The number of piperidine rings is 1. The average Bonchev–Trinajstić information content (AvgIpc) is 3.19. The van der Waals surface area contributed by atoms with Crippen molar-refractivity contribution < 1.29 is 9.59 Å². The van der Waals surface area contributed by atoms with Crippen molar-refractivity contribution in [1.29, 1.82) is 0 Å². The molecule has 29 heavy (non-hydrogen) atoms. The first-order valence-electron chi connectivity index (χ1n) is 10.3. The zero-order valence-electron chi connectivity index (χ0n) is 16.5. The average molecular weight is 385 g/mol. The molecule has 1 saturated heterocycles. The molecule has 1 amide bonds. The van der Waals surface area contributed by atoms with E-state index in [4.69, 9.17) is 0 Å². The molecular weight excluding hydrogens is 362 g/mol. The molecule has 146 valence electrons. The first-order valence-corrected chi connectivity index (χ1v) is 10.3. The number of likely N-dealkylation sites (tertiary alicyclic amines) is 1. The summed E-state index contributed by atoms with van der Waals surface area (Å²) in [5.74, 6) is -0.173. The largest absolute Gasteiger partial charge is 0.337 e. The van der Waals surface area contributed by atoms with Crippen molar-refractivity contribution in [3.63, 3.8) is 0 Å². The van der Waals surface area contributed by atoms with Crippen LogP contribution in [-0.4, -0.2) is 39.6 Å². The smallest absolute Gasteiger partial charge is 0.274 e. The van der Waals surface area contributed by atoms with E-state index in [1.54, 1.807) is 11.1 Å². The van der Waals surface area contributed by atoms with Crippen LogP contribution in [0.3, 0.4) is 0 Å². The summed E-state index contributed by atoms with van der Waals surface area (Å²) in [6, 6.07) is 10.4. The number of amides is 1. The summed E-state index contributed by atoms with van der Waals surface area (Å²) in [7, 11) is 0. The molecule has 2 aliphatic rings. The van der Waals surface area contributed by atoms with Gasteiger partial charge in [-0.3, -0.25) is 14.6 Å². The van der Waals surface area contributed by atoms with Crippen molar-refractivity contribution in [2.75, 3.05) is 13.1 Å². The Morgan fingerprint density at radius 3 is 2.66 bits per heavy atom. The van der Waals surface area contributed by atoms with Gasteiger partial charge >= 0.3 is 0 Å². The Balaban J connectivity index is 1.42. The van der Waals surface area contributed by atoms with Gasteiger partial charge in [-0.05, 0) is 54.5 Å². The highest BCUT2D eigenvalue weighted by Gasteiger charge is 2.31. The van der Waals surface area contributed by atoms with Crippen LogP contribution in [0.5, 0.6) is 0 Å². The summed E-state index contributed by atoms with van der Waals surface area (Å²) in [5.41, 5.74) is 4.59. The van der Waals surface area contributed by atoms with Crippen LogP contribution in [0.1, 0.15) is 50.5 Å². The van der Waals surface area contributed by atoms with Crippen molar-refractivity contribution in [3.8, 4) is 0 Å². The second-order valence-electron chi connectivity index (χ2n) is 8.11. The van der Waals surface area contributed by atoms with Gasteiger partial charge in [0, 0.05) is 30.8 Å². The second kappa shape index (κ2) is 7.07. The quantitative estimate of drug-likeness (QED) is 0.644. The highest BCUT2D eigenvalue weighted by Crippen LogP contribution is 2.34. The molecule has 2 heterocycles. The number of aromatic nitrogens is 2. The summed E-state index contributed by atoms with van der Waals surface area (Å²) < 4.78 is 0. The lowest BCUT2D eigenvalue weighted by Crippen LogP contribution is -2.42. The van der Waals surface area contributed by atoms with E-state index in [0.29, 0.717) is 18.8 Å². The molecule has 0 N–H and O–H groups in total. The number of ketones is 1. The summed E-state index contributed by atoms with van der Waals surface area (Å²) in [6.07, 6.45) is 6.86. The molecule has 5 nitrogen and oxygen atoms in total. The van der Waals surface area contributed by atoms with E-state index < -0.39 is 0 Å². The Morgan fingerprint density at radius 2 is 1.86 bits per heavy atom. The van der Waals surface area contributed by atoms with Crippen LogP contribution < -0.4 is 0 Å².